The van der Waals surface area contributed by atoms with Gasteiger partial charge < -0.3 is 14.2 Å². The number of hydrogen-bond acceptors (Lipinski definition) is 4. The summed E-state index contributed by atoms with van der Waals surface area (Å²) in [6, 6.07) is 3.09. The summed E-state index contributed by atoms with van der Waals surface area (Å²) in [5.41, 5.74) is 0. The van der Waals surface area contributed by atoms with Gasteiger partial charge in [0.25, 0.3) is 0 Å². The van der Waals surface area contributed by atoms with Crippen molar-refractivity contribution in [3.8, 4) is 17.2 Å². The fraction of sp³-hybridized carbons (Fsp3) is 0.300. The topological polar surface area (TPSA) is 44.8 Å². The van der Waals surface area contributed by atoms with Crippen molar-refractivity contribution in [2.24, 2.45) is 0 Å². The zero-order valence-corrected chi connectivity index (χ0v) is 9.42. The number of methoxy groups -OCH3 is 2. The van der Waals surface area contributed by atoms with Crippen LogP contribution in [0.25, 0.3) is 0 Å². The van der Waals surface area contributed by atoms with Gasteiger partial charge in [0, 0.05) is 24.1 Å². The van der Waals surface area contributed by atoms with E-state index in [1.807, 2.05) is 0 Å². The molecule has 0 aliphatic rings. The molecule has 0 aromatic heterocycles. The Labute approximate surface area is 92.7 Å². The predicted octanol–water partition coefficient (Wildman–Crippen LogP) is 2.28. The lowest BCUT2D eigenvalue weighted by molar-refractivity contribution is -0.132. The van der Waals surface area contributed by atoms with E-state index in [2.05, 4.69) is 0 Å². The highest BCUT2D eigenvalue weighted by Crippen LogP contribution is 2.39. The Bertz CT molecular complexity index is 351. The van der Waals surface area contributed by atoms with Crippen molar-refractivity contribution < 1.29 is 19.0 Å². The molecule has 0 radical (unpaired) electrons. The van der Waals surface area contributed by atoms with E-state index in [4.69, 9.17) is 25.8 Å². The molecule has 1 aromatic carbocycles. The van der Waals surface area contributed by atoms with Crippen LogP contribution in [0.4, 0.5) is 0 Å². The Morgan fingerprint density at radius 2 is 1.67 bits per heavy atom. The molecule has 82 valence electrons. The molecule has 1 rings (SSSR count). The van der Waals surface area contributed by atoms with Crippen LogP contribution in [0.5, 0.6) is 17.2 Å². The van der Waals surface area contributed by atoms with Crippen LogP contribution in [0.1, 0.15) is 6.92 Å². The minimum Gasteiger partial charge on any atom is -0.493 e. The molecule has 0 heterocycles. The molecule has 4 nitrogen and oxygen atoms in total. The smallest absolute Gasteiger partial charge is 0.308 e. The third-order valence-corrected chi connectivity index (χ3v) is 1.89. The summed E-state index contributed by atoms with van der Waals surface area (Å²) >= 11 is 5.82. The van der Waals surface area contributed by atoms with Crippen LogP contribution in [0.2, 0.25) is 5.02 Å². The largest absolute Gasteiger partial charge is 0.493 e. The molecule has 0 bridgehead atoms. The van der Waals surface area contributed by atoms with Gasteiger partial charge in [0.15, 0.2) is 11.5 Å². The first kappa shape index (κ1) is 11.7. The lowest BCUT2D eigenvalue weighted by Crippen LogP contribution is -2.04. The second kappa shape index (κ2) is 4.89. The number of halogens is 1. The standard InChI is InChI=1S/C10H11ClO4/c1-6(12)15-10-8(13-2)4-7(11)5-9(10)14-3/h4-5H,1-3H3. The average Bonchev–Trinajstić information content (AvgIpc) is 2.19. The quantitative estimate of drug-likeness (QED) is 0.590. The summed E-state index contributed by atoms with van der Waals surface area (Å²) in [6.07, 6.45) is 0. The first-order chi connectivity index (χ1) is 7.08. The molecule has 0 fully saturated rings. The number of ether oxygens (including phenoxy) is 3. The monoisotopic (exact) mass is 230 g/mol. The molecule has 0 amide bonds. The maximum Gasteiger partial charge on any atom is 0.308 e. The summed E-state index contributed by atoms with van der Waals surface area (Å²) in [6.45, 7) is 1.30. The van der Waals surface area contributed by atoms with E-state index >= 15 is 0 Å². The van der Waals surface area contributed by atoms with E-state index in [9.17, 15) is 4.79 Å². The molecule has 0 atom stereocenters. The van der Waals surface area contributed by atoms with E-state index in [1.165, 1.54) is 21.1 Å². The Balaban J connectivity index is 3.23. The average molecular weight is 231 g/mol. The highest BCUT2D eigenvalue weighted by atomic mass is 35.5. The van der Waals surface area contributed by atoms with Crippen molar-refractivity contribution in [3.63, 3.8) is 0 Å². The summed E-state index contributed by atoms with van der Waals surface area (Å²) in [7, 11) is 2.91. The maximum absolute atomic E-state index is 10.9. The molecule has 1 aromatic rings. The normalized spacial score (nSPS) is 9.60. The number of carbonyl (C=O) groups is 1. The summed E-state index contributed by atoms with van der Waals surface area (Å²) in [4.78, 5) is 10.9. The van der Waals surface area contributed by atoms with Crippen LogP contribution in [0.3, 0.4) is 0 Å². The van der Waals surface area contributed by atoms with Gasteiger partial charge in [-0.15, -0.1) is 0 Å². The van der Waals surface area contributed by atoms with Gasteiger partial charge in [-0.1, -0.05) is 11.6 Å². The van der Waals surface area contributed by atoms with Gasteiger partial charge in [-0.3, -0.25) is 4.79 Å². The number of carbonyl (C=O) groups excluding carboxylic acids is 1. The molecule has 0 saturated carbocycles. The minimum atomic E-state index is -0.450. The number of rotatable bonds is 3. The van der Waals surface area contributed by atoms with Crippen LogP contribution < -0.4 is 14.2 Å². The van der Waals surface area contributed by atoms with Gasteiger partial charge in [0.05, 0.1) is 14.2 Å². The lowest BCUT2D eigenvalue weighted by Gasteiger charge is -2.12. The molecular formula is C10H11ClO4. The van der Waals surface area contributed by atoms with Crippen molar-refractivity contribution in [2.45, 2.75) is 6.92 Å². The lowest BCUT2D eigenvalue weighted by atomic mass is 10.3. The highest BCUT2D eigenvalue weighted by molar-refractivity contribution is 6.31. The SMILES string of the molecule is COc1cc(Cl)cc(OC)c1OC(C)=O. The number of benzene rings is 1. The predicted molar refractivity (Wildman–Crippen MR) is 55.9 cm³/mol. The van der Waals surface area contributed by atoms with Gasteiger partial charge in [-0.25, -0.2) is 0 Å². The van der Waals surface area contributed by atoms with Crippen molar-refractivity contribution in [2.75, 3.05) is 14.2 Å². The second-order valence-corrected chi connectivity index (χ2v) is 3.17. The van der Waals surface area contributed by atoms with Crippen molar-refractivity contribution in [1.82, 2.24) is 0 Å². The van der Waals surface area contributed by atoms with E-state index in [1.54, 1.807) is 12.1 Å². The van der Waals surface area contributed by atoms with E-state index in [0.717, 1.165) is 0 Å². The molecule has 0 unspecified atom stereocenters. The third kappa shape index (κ3) is 2.76. The number of hydrogen-bond donors (Lipinski definition) is 0. The fourth-order valence-electron chi connectivity index (χ4n) is 1.09. The summed E-state index contributed by atoms with van der Waals surface area (Å²) in [5, 5.41) is 0.444. The van der Waals surface area contributed by atoms with Gasteiger partial charge in [-0.05, 0) is 0 Å². The first-order valence-corrected chi connectivity index (χ1v) is 4.56. The molecule has 15 heavy (non-hydrogen) atoms. The molecule has 0 spiro atoms. The zero-order chi connectivity index (χ0) is 11.4. The third-order valence-electron chi connectivity index (χ3n) is 1.67. The van der Waals surface area contributed by atoms with Gasteiger partial charge in [0.2, 0.25) is 5.75 Å². The molecule has 0 aliphatic heterocycles. The van der Waals surface area contributed by atoms with Crippen molar-refractivity contribution >= 4 is 17.6 Å². The molecular weight excluding hydrogens is 220 g/mol. The molecule has 0 N–H and O–H groups in total. The summed E-state index contributed by atoms with van der Waals surface area (Å²) in [5.74, 6) is 0.495. The van der Waals surface area contributed by atoms with Gasteiger partial charge in [-0.2, -0.15) is 0 Å². The van der Waals surface area contributed by atoms with Gasteiger partial charge in [0.1, 0.15) is 0 Å². The highest BCUT2D eigenvalue weighted by Gasteiger charge is 2.15. The molecule has 0 aliphatic carbocycles. The molecule has 5 heteroatoms. The molecule has 0 saturated heterocycles. The zero-order valence-electron chi connectivity index (χ0n) is 8.67. The summed E-state index contributed by atoms with van der Waals surface area (Å²) < 4.78 is 15.0. The Morgan fingerprint density at radius 1 is 1.20 bits per heavy atom. The van der Waals surface area contributed by atoms with Crippen molar-refractivity contribution in [1.29, 1.82) is 0 Å². The minimum absolute atomic E-state index is 0.233. The van der Waals surface area contributed by atoms with E-state index in [0.29, 0.717) is 16.5 Å². The van der Waals surface area contributed by atoms with Crippen LogP contribution >= 0.6 is 11.6 Å². The first-order valence-electron chi connectivity index (χ1n) is 4.18. The van der Waals surface area contributed by atoms with Crippen LogP contribution in [0.15, 0.2) is 12.1 Å². The Hall–Kier alpha value is -1.42. The van der Waals surface area contributed by atoms with Crippen molar-refractivity contribution in [3.05, 3.63) is 17.2 Å². The Morgan fingerprint density at radius 3 is 2.00 bits per heavy atom. The maximum atomic E-state index is 10.9. The van der Waals surface area contributed by atoms with E-state index < -0.39 is 5.97 Å². The van der Waals surface area contributed by atoms with Crippen LogP contribution in [0, 0.1) is 0 Å². The second-order valence-electron chi connectivity index (χ2n) is 2.73. The van der Waals surface area contributed by atoms with Gasteiger partial charge >= 0.3 is 5.97 Å². The Kier molecular flexibility index (Phi) is 3.80. The van der Waals surface area contributed by atoms with Crippen LogP contribution in [-0.2, 0) is 4.79 Å². The van der Waals surface area contributed by atoms with Crippen LogP contribution in [-0.4, -0.2) is 20.2 Å². The van der Waals surface area contributed by atoms with E-state index in [-0.39, 0.29) is 5.75 Å². The number of esters is 1. The fourth-order valence-corrected chi connectivity index (χ4v) is 1.29.